The van der Waals surface area contributed by atoms with Gasteiger partial charge in [-0.15, -0.1) is 0 Å². The Hall–Kier alpha value is -2.28. The first-order chi connectivity index (χ1) is 11.6. The summed E-state index contributed by atoms with van der Waals surface area (Å²) in [6, 6.07) is 8.73. The van der Waals surface area contributed by atoms with Crippen LogP contribution in [0.15, 0.2) is 34.7 Å². The highest BCUT2D eigenvalue weighted by molar-refractivity contribution is 7.98. The molecule has 3 rings (SSSR count). The van der Waals surface area contributed by atoms with Gasteiger partial charge in [0.1, 0.15) is 17.5 Å². The van der Waals surface area contributed by atoms with Gasteiger partial charge < -0.3 is 9.73 Å². The predicted octanol–water partition coefficient (Wildman–Crippen LogP) is 2.82. The number of nitrogens with zero attached hydrogens (tertiary/aromatic N) is 2. The number of carbonyl (C=O) groups excluding carboxylic acids is 2. The second kappa shape index (κ2) is 7.09. The van der Waals surface area contributed by atoms with E-state index in [2.05, 4.69) is 10.3 Å². The van der Waals surface area contributed by atoms with E-state index in [1.165, 1.54) is 4.90 Å². The third kappa shape index (κ3) is 3.31. The molecular formula is C17H19N3O3S. The molecule has 1 N–H and O–H groups in total. The minimum absolute atomic E-state index is 0.128. The molecule has 0 saturated carbocycles. The summed E-state index contributed by atoms with van der Waals surface area (Å²) in [5.74, 6) is 1.74. The van der Waals surface area contributed by atoms with Crippen LogP contribution in [0.2, 0.25) is 0 Å². The maximum Gasteiger partial charge on any atom is 0.325 e. The van der Waals surface area contributed by atoms with E-state index in [9.17, 15) is 9.59 Å². The van der Waals surface area contributed by atoms with Gasteiger partial charge in [0.2, 0.25) is 5.89 Å². The van der Waals surface area contributed by atoms with E-state index in [1.54, 1.807) is 18.7 Å². The summed E-state index contributed by atoms with van der Waals surface area (Å²) in [4.78, 5) is 30.1. The lowest BCUT2D eigenvalue weighted by molar-refractivity contribution is -0.127. The molecule has 1 aromatic heterocycles. The first-order valence-corrected chi connectivity index (χ1v) is 9.12. The van der Waals surface area contributed by atoms with Gasteiger partial charge in [0.25, 0.3) is 5.91 Å². The van der Waals surface area contributed by atoms with E-state index in [0.29, 0.717) is 23.8 Å². The van der Waals surface area contributed by atoms with Crippen LogP contribution in [0.3, 0.4) is 0 Å². The maximum atomic E-state index is 12.4. The van der Waals surface area contributed by atoms with Crippen LogP contribution in [0, 0.1) is 6.92 Å². The van der Waals surface area contributed by atoms with E-state index in [4.69, 9.17) is 4.42 Å². The number of hydrogen-bond donors (Lipinski definition) is 1. The molecule has 3 amide bonds. The van der Waals surface area contributed by atoms with Crippen LogP contribution in [0.1, 0.15) is 17.9 Å². The number of oxazole rings is 1. The standard InChI is InChI=1S/C17H19N3O3S/c1-11-14(18-15(23-11)12-6-4-3-5-7-12)10-20-16(21)13(8-9-24-2)19-17(20)22/h3-7,13H,8-10H2,1-2H3,(H,19,22). The molecule has 1 saturated heterocycles. The van der Waals surface area contributed by atoms with Gasteiger partial charge in [0.05, 0.1) is 6.54 Å². The Kier molecular flexibility index (Phi) is 4.89. The molecule has 126 valence electrons. The van der Waals surface area contributed by atoms with Crippen LogP contribution in [-0.2, 0) is 11.3 Å². The molecule has 0 bridgehead atoms. The molecule has 24 heavy (non-hydrogen) atoms. The lowest BCUT2D eigenvalue weighted by Crippen LogP contribution is -2.31. The fraction of sp³-hybridized carbons (Fsp3) is 0.353. The number of carbonyl (C=O) groups is 2. The van der Waals surface area contributed by atoms with Crippen LogP contribution in [0.4, 0.5) is 4.79 Å². The van der Waals surface area contributed by atoms with Crippen LogP contribution >= 0.6 is 11.8 Å². The van der Waals surface area contributed by atoms with E-state index < -0.39 is 6.04 Å². The normalized spacial score (nSPS) is 17.4. The van der Waals surface area contributed by atoms with Crippen molar-refractivity contribution in [2.24, 2.45) is 0 Å². The molecule has 1 aliphatic rings. The molecule has 2 heterocycles. The average Bonchev–Trinajstić information content (AvgIpc) is 3.09. The quantitative estimate of drug-likeness (QED) is 0.815. The van der Waals surface area contributed by atoms with Crippen molar-refractivity contribution in [3.05, 3.63) is 41.8 Å². The zero-order valence-electron chi connectivity index (χ0n) is 13.6. The van der Waals surface area contributed by atoms with Gasteiger partial charge in [0, 0.05) is 5.56 Å². The fourth-order valence-corrected chi connectivity index (χ4v) is 3.06. The van der Waals surface area contributed by atoms with Crippen LogP contribution in [-0.4, -0.2) is 39.9 Å². The van der Waals surface area contributed by atoms with Gasteiger partial charge in [-0.05, 0) is 37.5 Å². The molecule has 0 aliphatic carbocycles. The summed E-state index contributed by atoms with van der Waals surface area (Å²) in [5.41, 5.74) is 1.46. The Balaban J connectivity index is 1.76. The van der Waals surface area contributed by atoms with Gasteiger partial charge in [-0.3, -0.25) is 9.69 Å². The molecule has 2 aromatic rings. The molecular weight excluding hydrogens is 326 g/mol. The number of urea groups is 1. The molecule has 6 nitrogen and oxygen atoms in total. The zero-order chi connectivity index (χ0) is 17.1. The topological polar surface area (TPSA) is 75.4 Å². The monoisotopic (exact) mass is 345 g/mol. The lowest BCUT2D eigenvalue weighted by Gasteiger charge is -2.11. The number of aromatic nitrogens is 1. The lowest BCUT2D eigenvalue weighted by atomic mass is 10.2. The number of rotatable bonds is 6. The van der Waals surface area contributed by atoms with E-state index >= 15 is 0 Å². The largest absolute Gasteiger partial charge is 0.441 e. The third-order valence-electron chi connectivity index (χ3n) is 3.94. The minimum atomic E-state index is -0.439. The van der Waals surface area contributed by atoms with Crippen molar-refractivity contribution in [3.63, 3.8) is 0 Å². The van der Waals surface area contributed by atoms with Crippen molar-refractivity contribution in [1.82, 2.24) is 15.2 Å². The summed E-state index contributed by atoms with van der Waals surface area (Å²) in [5, 5.41) is 2.73. The Bertz CT molecular complexity index is 745. The first-order valence-electron chi connectivity index (χ1n) is 7.72. The molecule has 1 fully saturated rings. The van der Waals surface area contributed by atoms with Crippen molar-refractivity contribution >= 4 is 23.7 Å². The molecule has 0 radical (unpaired) electrons. The van der Waals surface area contributed by atoms with Gasteiger partial charge >= 0.3 is 6.03 Å². The van der Waals surface area contributed by atoms with Crippen LogP contribution in [0.25, 0.3) is 11.5 Å². The van der Waals surface area contributed by atoms with Crippen molar-refractivity contribution in [2.45, 2.75) is 25.9 Å². The third-order valence-corrected chi connectivity index (χ3v) is 4.58. The molecule has 7 heteroatoms. The average molecular weight is 345 g/mol. The number of aryl methyl sites for hydroxylation is 1. The zero-order valence-corrected chi connectivity index (χ0v) is 14.4. The van der Waals surface area contributed by atoms with Crippen LogP contribution in [0.5, 0.6) is 0 Å². The highest BCUT2D eigenvalue weighted by Crippen LogP contribution is 2.23. The number of imide groups is 1. The summed E-state index contributed by atoms with van der Waals surface area (Å²) < 4.78 is 5.69. The smallest absolute Gasteiger partial charge is 0.325 e. The SMILES string of the molecule is CSCCC1NC(=O)N(Cc2nc(-c3ccccc3)oc2C)C1=O. The Morgan fingerprint density at radius 3 is 2.75 bits per heavy atom. The van der Waals surface area contributed by atoms with E-state index in [0.717, 1.165) is 11.3 Å². The van der Waals surface area contributed by atoms with Gasteiger partial charge in [0.15, 0.2) is 0 Å². The van der Waals surface area contributed by atoms with Crippen molar-refractivity contribution in [1.29, 1.82) is 0 Å². The fourth-order valence-electron chi connectivity index (χ4n) is 2.59. The Morgan fingerprint density at radius 1 is 1.29 bits per heavy atom. The van der Waals surface area contributed by atoms with Gasteiger partial charge in [-0.25, -0.2) is 9.78 Å². The number of nitrogens with one attached hydrogen (secondary N) is 1. The molecule has 1 unspecified atom stereocenters. The summed E-state index contributed by atoms with van der Waals surface area (Å²) in [6.45, 7) is 1.92. The van der Waals surface area contributed by atoms with Crippen LogP contribution < -0.4 is 5.32 Å². The van der Waals surface area contributed by atoms with E-state index in [-0.39, 0.29) is 18.5 Å². The number of hydrogen-bond acceptors (Lipinski definition) is 5. The molecule has 1 atom stereocenters. The Labute approximate surface area is 144 Å². The second-order valence-corrected chi connectivity index (χ2v) is 6.58. The molecule has 1 aliphatic heterocycles. The Morgan fingerprint density at radius 2 is 2.04 bits per heavy atom. The maximum absolute atomic E-state index is 12.4. The van der Waals surface area contributed by atoms with Crippen molar-refractivity contribution in [2.75, 3.05) is 12.0 Å². The van der Waals surface area contributed by atoms with E-state index in [1.807, 2.05) is 36.6 Å². The number of benzene rings is 1. The molecule has 1 aromatic carbocycles. The first kappa shape index (κ1) is 16.6. The molecule has 0 spiro atoms. The van der Waals surface area contributed by atoms with Gasteiger partial charge in [-0.2, -0.15) is 11.8 Å². The predicted molar refractivity (Wildman–Crippen MR) is 92.5 cm³/mol. The summed E-state index contributed by atoms with van der Waals surface area (Å²) in [7, 11) is 0. The summed E-state index contributed by atoms with van der Waals surface area (Å²) >= 11 is 1.65. The van der Waals surface area contributed by atoms with Gasteiger partial charge in [-0.1, -0.05) is 18.2 Å². The van der Waals surface area contributed by atoms with Crippen molar-refractivity contribution < 1.29 is 14.0 Å². The highest BCUT2D eigenvalue weighted by Gasteiger charge is 2.38. The number of amides is 3. The highest BCUT2D eigenvalue weighted by atomic mass is 32.2. The second-order valence-electron chi connectivity index (χ2n) is 5.60. The number of thioether (sulfide) groups is 1. The van der Waals surface area contributed by atoms with Crippen molar-refractivity contribution in [3.8, 4) is 11.5 Å². The summed E-state index contributed by atoms with van der Waals surface area (Å²) in [6.07, 6.45) is 2.61. The minimum Gasteiger partial charge on any atom is -0.441 e.